The zero-order valence-corrected chi connectivity index (χ0v) is 14.3. The van der Waals surface area contributed by atoms with Gasteiger partial charge in [0.2, 0.25) is 15.9 Å². The highest BCUT2D eigenvalue weighted by molar-refractivity contribution is 7.88. The number of nitrogens with one attached hydrogen (secondary N) is 1. The molecule has 2 rings (SSSR count). The Labute approximate surface area is 143 Å². The Morgan fingerprint density at radius 3 is 2.52 bits per heavy atom. The molecule has 1 N–H and O–H groups in total. The van der Waals surface area contributed by atoms with Gasteiger partial charge in [-0.25, -0.2) is 18.1 Å². The lowest BCUT2D eigenvalue weighted by Crippen LogP contribution is -2.44. The molecule has 1 aliphatic rings. The zero-order valence-electron chi connectivity index (χ0n) is 13.5. The minimum Gasteiger partial charge on any atom is -0.273 e. The Hall–Kier alpha value is -1.94. The molecule has 0 bridgehead atoms. The van der Waals surface area contributed by atoms with Gasteiger partial charge in [-0.3, -0.25) is 4.79 Å². The van der Waals surface area contributed by atoms with E-state index < -0.39 is 33.6 Å². The second kappa shape index (κ2) is 7.52. The molecular weight excluding hydrogens is 359 g/mol. The van der Waals surface area contributed by atoms with E-state index in [-0.39, 0.29) is 6.54 Å². The number of sulfonamides is 1. The van der Waals surface area contributed by atoms with Crippen LogP contribution in [-0.2, 0) is 21.0 Å². The summed E-state index contributed by atoms with van der Waals surface area (Å²) in [7, 11) is -3.35. The van der Waals surface area contributed by atoms with Crippen molar-refractivity contribution < 1.29 is 26.4 Å². The van der Waals surface area contributed by atoms with Crippen LogP contribution in [0.4, 0.5) is 13.2 Å². The number of hydrogen-bond donors (Lipinski definition) is 1. The number of carbonyl (C=O) groups is 1. The predicted molar refractivity (Wildman–Crippen MR) is 86.3 cm³/mol. The molecule has 1 aromatic carbocycles. The van der Waals surface area contributed by atoms with Crippen molar-refractivity contribution in [3.8, 4) is 0 Å². The maximum Gasteiger partial charge on any atom is 0.416 e. The first-order chi connectivity index (χ1) is 11.6. The summed E-state index contributed by atoms with van der Waals surface area (Å²) in [4.78, 5) is 12.1. The molecule has 1 amide bonds. The van der Waals surface area contributed by atoms with E-state index in [1.165, 1.54) is 22.7 Å². The molecule has 1 atom stereocenters. The van der Waals surface area contributed by atoms with Gasteiger partial charge in [0, 0.05) is 13.1 Å². The van der Waals surface area contributed by atoms with Gasteiger partial charge >= 0.3 is 6.18 Å². The van der Waals surface area contributed by atoms with Crippen LogP contribution in [0.1, 0.15) is 24.0 Å². The first-order valence-electron chi connectivity index (χ1n) is 7.52. The van der Waals surface area contributed by atoms with Crippen molar-refractivity contribution in [2.45, 2.75) is 19.0 Å². The van der Waals surface area contributed by atoms with Crippen molar-refractivity contribution in [1.82, 2.24) is 9.73 Å². The number of hydrogen-bond acceptors (Lipinski definition) is 4. The summed E-state index contributed by atoms with van der Waals surface area (Å²) in [6, 6.07) is 4.33. The first kappa shape index (κ1) is 19.4. The topological polar surface area (TPSA) is 78.8 Å². The average molecular weight is 377 g/mol. The molecule has 138 valence electrons. The molecule has 1 fully saturated rings. The molecule has 10 heteroatoms. The van der Waals surface area contributed by atoms with Crippen LogP contribution in [0.25, 0.3) is 0 Å². The smallest absolute Gasteiger partial charge is 0.273 e. The summed E-state index contributed by atoms with van der Waals surface area (Å²) in [6.45, 7) is 0.484. The Bertz CT molecular complexity index is 746. The molecule has 0 aliphatic carbocycles. The highest BCUT2D eigenvalue weighted by atomic mass is 32.2. The summed E-state index contributed by atoms with van der Waals surface area (Å²) in [5.41, 5.74) is 1.94. The monoisotopic (exact) mass is 377 g/mol. The number of halogens is 3. The molecule has 25 heavy (non-hydrogen) atoms. The third kappa shape index (κ3) is 5.53. The molecule has 0 spiro atoms. The number of hydrazone groups is 1. The highest BCUT2D eigenvalue weighted by Crippen LogP contribution is 2.28. The fourth-order valence-electron chi connectivity index (χ4n) is 2.48. The van der Waals surface area contributed by atoms with Crippen molar-refractivity contribution in [2.24, 2.45) is 11.0 Å². The largest absolute Gasteiger partial charge is 0.416 e. The Morgan fingerprint density at radius 2 is 1.96 bits per heavy atom. The molecule has 6 nitrogen and oxygen atoms in total. The quantitative estimate of drug-likeness (QED) is 0.642. The molecule has 1 aliphatic heterocycles. The molecule has 1 unspecified atom stereocenters. The van der Waals surface area contributed by atoms with Crippen LogP contribution in [0.3, 0.4) is 0 Å². The number of piperidine rings is 1. The van der Waals surface area contributed by atoms with Crippen LogP contribution in [0, 0.1) is 5.92 Å². The molecule has 0 aromatic heterocycles. The summed E-state index contributed by atoms with van der Waals surface area (Å²) in [6.07, 6.45) is -0.955. The SMILES string of the molecule is CS(=O)(=O)N1CCCC(C(=O)N/N=C/c2ccc(C(F)(F)F)cc2)C1. The lowest BCUT2D eigenvalue weighted by molar-refractivity contribution is -0.137. The molecule has 1 saturated heterocycles. The summed E-state index contributed by atoms with van der Waals surface area (Å²) < 4.78 is 61.7. The maximum atomic E-state index is 12.5. The average Bonchev–Trinajstić information content (AvgIpc) is 2.54. The van der Waals surface area contributed by atoms with E-state index in [0.717, 1.165) is 18.4 Å². The van der Waals surface area contributed by atoms with E-state index in [9.17, 15) is 26.4 Å². The lowest BCUT2D eigenvalue weighted by atomic mass is 9.99. The van der Waals surface area contributed by atoms with Crippen LogP contribution in [-0.4, -0.2) is 44.2 Å². The number of carbonyl (C=O) groups excluding carboxylic acids is 1. The van der Waals surface area contributed by atoms with E-state index in [4.69, 9.17) is 0 Å². The fourth-order valence-corrected chi connectivity index (χ4v) is 3.39. The van der Waals surface area contributed by atoms with E-state index in [1.807, 2.05) is 0 Å². The van der Waals surface area contributed by atoms with Gasteiger partial charge in [-0.1, -0.05) is 12.1 Å². The van der Waals surface area contributed by atoms with E-state index >= 15 is 0 Å². The Kier molecular flexibility index (Phi) is 5.83. The third-order valence-electron chi connectivity index (χ3n) is 3.85. The Morgan fingerprint density at radius 1 is 1.32 bits per heavy atom. The molecule has 1 aromatic rings. The maximum absolute atomic E-state index is 12.5. The van der Waals surface area contributed by atoms with Crippen molar-refractivity contribution >= 4 is 22.1 Å². The van der Waals surface area contributed by atoms with Crippen LogP contribution in [0.5, 0.6) is 0 Å². The number of alkyl halides is 3. The summed E-state index contributed by atoms with van der Waals surface area (Å²) in [5.74, 6) is -0.926. The predicted octanol–water partition coefficient (Wildman–Crippen LogP) is 1.83. The second-order valence-corrected chi connectivity index (χ2v) is 7.80. The van der Waals surface area contributed by atoms with Gasteiger partial charge in [-0.2, -0.15) is 18.3 Å². The minimum absolute atomic E-state index is 0.0977. The van der Waals surface area contributed by atoms with Crippen molar-refractivity contribution in [2.75, 3.05) is 19.3 Å². The normalized spacial score (nSPS) is 19.9. The number of rotatable bonds is 4. The standard InChI is InChI=1S/C15H18F3N3O3S/c1-25(23,24)21-8-2-3-12(10-21)14(22)20-19-9-11-4-6-13(7-5-11)15(16,17)18/h4-7,9,12H,2-3,8,10H2,1H3,(H,20,22)/b19-9+. The lowest BCUT2D eigenvalue weighted by Gasteiger charge is -2.29. The second-order valence-electron chi connectivity index (χ2n) is 5.81. The van der Waals surface area contributed by atoms with Gasteiger partial charge in [0.15, 0.2) is 0 Å². The molecule has 1 heterocycles. The third-order valence-corrected chi connectivity index (χ3v) is 5.12. The van der Waals surface area contributed by atoms with Crippen molar-refractivity contribution in [3.05, 3.63) is 35.4 Å². The van der Waals surface area contributed by atoms with Crippen LogP contribution in [0.15, 0.2) is 29.4 Å². The van der Waals surface area contributed by atoms with E-state index in [1.54, 1.807) is 0 Å². The van der Waals surface area contributed by atoms with E-state index in [2.05, 4.69) is 10.5 Å². The van der Waals surface area contributed by atoms with Crippen molar-refractivity contribution in [1.29, 1.82) is 0 Å². The highest BCUT2D eigenvalue weighted by Gasteiger charge is 2.30. The number of amides is 1. The fraction of sp³-hybridized carbons (Fsp3) is 0.467. The van der Waals surface area contributed by atoms with Crippen LogP contribution >= 0.6 is 0 Å². The number of nitrogens with zero attached hydrogens (tertiary/aromatic N) is 2. The Balaban J connectivity index is 1.92. The molecule has 0 radical (unpaired) electrons. The van der Waals surface area contributed by atoms with Crippen LogP contribution < -0.4 is 5.43 Å². The van der Waals surface area contributed by atoms with E-state index in [0.29, 0.717) is 24.9 Å². The molecular formula is C15H18F3N3O3S. The zero-order chi connectivity index (χ0) is 18.7. The van der Waals surface area contributed by atoms with Crippen LogP contribution in [0.2, 0.25) is 0 Å². The van der Waals surface area contributed by atoms with Gasteiger partial charge < -0.3 is 0 Å². The van der Waals surface area contributed by atoms with Gasteiger partial charge in [-0.15, -0.1) is 0 Å². The minimum atomic E-state index is -4.41. The van der Waals surface area contributed by atoms with Gasteiger partial charge in [0.05, 0.1) is 24.0 Å². The number of benzene rings is 1. The summed E-state index contributed by atoms with van der Waals surface area (Å²) >= 11 is 0. The van der Waals surface area contributed by atoms with Gasteiger partial charge in [0.25, 0.3) is 0 Å². The summed E-state index contributed by atoms with van der Waals surface area (Å²) in [5, 5.41) is 3.72. The van der Waals surface area contributed by atoms with Gasteiger partial charge in [0.1, 0.15) is 0 Å². The van der Waals surface area contributed by atoms with Crippen molar-refractivity contribution in [3.63, 3.8) is 0 Å². The molecule has 0 saturated carbocycles. The first-order valence-corrected chi connectivity index (χ1v) is 9.37. The van der Waals surface area contributed by atoms with Gasteiger partial charge in [-0.05, 0) is 30.5 Å².